The summed E-state index contributed by atoms with van der Waals surface area (Å²) >= 11 is 0. The van der Waals surface area contributed by atoms with Crippen molar-refractivity contribution in [3.05, 3.63) is 12.7 Å². The molecule has 0 radical (unpaired) electrons. The van der Waals surface area contributed by atoms with E-state index in [9.17, 15) is 0 Å². The van der Waals surface area contributed by atoms with Crippen LogP contribution in [0.5, 0.6) is 0 Å². The van der Waals surface area contributed by atoms with Gasteiger partial charge in [-0.2, -0.15) is 0 Å². The summed E-state index contributed by atoms with van der Waals surface area (Å²) in [5.74, 6) is 6.18. The third-order valence-corrected chi connectivity index (χ3v) is 2.33. The van der Waals surface area contributed by atoms with Crippen LogP contribution in [0.3, 0.4) is 0 Å². The summed E-state index contributed by atoms with van der Waals surface area (Å²) < 4.78 is 0. The fraction of sp³-hybridized carbons (Fsp3) is 0.833. The Hall–Kier alpha value is -0.340. The highest BCUT2D eigenvalue weighted by atomic mass is 15.2. The Morgan fingerprint density at radius 3 is 2.36 bits per heavy atom. The van der Waals surface area contributed by atoms with E-state index in [4.69, 9.17) is 5.84 Å². The van der Waals surface area contributed by atoms with Crippen molar-refractivity contribution in [3.8, 4) is 0 Å². The summed E-state index contributed by atoms with van der Waals surface area (Å²) in [6.07, 6.45) is 5.24. The van der Waals surface area contributed by atoms with Crippen LogP contribution in [0.2, 0.25) is 0 Å². The Kier molecular flexibility index (Phi) is 6.05. The fourth-order valence-electron chi connectivity index (χ4n) is 2.05. The van der Waals surface area contributed by atoms with Crippen LogP contribution in [0, 0.1) is 11.3 Å². The molecule has 0 aromatic rings. The molecular formula is C12H26N2. The highest BCUT2D eigenvalue weighted by Crippen LogP contribution is 2.26. The minimum absolute atomic E-state index is 0.379. The zero-order valence-electron chi connectivity index (χ0n) is 10.1. The number of nitrogens with two attached hydrogens (primary N) is 1. The molecule has 0 aromatic heterocycles. The molecule has 0 bridgehead atoms. The number of hydrazine groups is 1. The maximum absolute atomic E-state index is 5.47. The molecule has 0 aromatic carbocycles. The van der Waals surface area contributed by atoms with E-state index < -0.39 is 0 Å². The molecule has 14 heavy (non-hydrogen) atoms. The van der Waals surface area contributed by atoms with Gasteiger partial charge in [-0.1, -0.05) is 33.8 Å². The topological polar surface area (TPSA) is 38.0 Å². The number of hydrogen-bond acceptors (Lipinski definition) is 2. The second-order valence-corrected chi connectivity index (χ2v) is 5.49. The van der Waals surface area contributed by atoms with Gasteiger partial charge in [0.1, 0.15) is 0 Å². The quantitative estimate of drug-likeness (QED) is 0.391. The molecule has 0 saturated carbocycles. The van der Waals surface area contributed by atoms with Gasteiger partial charge >= 0.3 is 0 Å². The largest absolute Gasteiger partial charge is 0.271 e. The second kappa shape index (κ2) is 6.20. The van der Waals surface area contributed by atoms with Crippen LogP contribution < -0.4 is 11.3 Å². The molecular weight excluding hydrogens is 172 g/mol. The third-order valence-electron chi connectivity index (χ3n) is 2.33. The van der Waals surface area contributed by atoms with E-state index >= 15 is 0 Å². The highest BCUT2D eigenvalue weighted by Gasteiger charge is 2.17. The smallest absolute Gasteiger partial charge is 0.0247 e. The van der Waals surface area contributed by atoms with Gasteiger partial charge in [0.05, 0.1) is 0 Å². The predicted octanol–water partition coefficient (Wildman–Crippen LogP) is 2.86. The predicted molar refractivity (Wildman–Crippen MR) is 63.8 cm³/mol. The molecule has 0 saturated heterocycles. The van der Waals surface area contributed by atoms with Gasteiger partial charge in [-0.05, 0) is 30.6 Å². The van der Waals surface area contributed by atoms with Gasteiger partial charge in [0.2, 0.25) is 0 Å². The highest BCUT2D eigenvalue weighted by molar-refractivity contribution is 4.79. The lowest BCUT2D eigenvalue weighted by Crippen LogP contribution is -2.36. The lowest BCUT2D eigenvalue weighted by atomic mass is 9.82. The van der Waals surface area contributed by atoms with Crippen LogP contribution in [0.1, 0.15) is 47.0 Å². The molecule has 2 unspecified atom stereocenters. The van der Waals surface area contributed by atoms with Gasteiger partial charge in [-0.25, -0.2) is 0 Å². The number of rotatable bonds is 6. The van der Waals surface area contributed by atoms with Crippen LogP contribution in [0.4, 0.5) is 0 Å². The Morgan fingerprint density at radius 1 is 1.43 bits per heavy atom. The normalized spacial score (nSPS) is 16.4. The molecule has 0 aliphatic rings. The van der Waals surface area contributed by atoms with E-state index in [1.54, 1.807) is 0 Å². The molecule has 0 heterocycles. The summed E-state index contributed by atoms with van der Waals surface area (Å²) in [4.78, 5) is 0. The molecule has 0 spiro atoms. The van der Waals surface area contributed by atoms with E-state index in [2.05, 4.69) is 39.7 Å². The first kappa shape index (κ1) is 13.7. The average molecular weight is 198 g/mol. The molecule has 0 aliphatic heterocycles. The molecule has 3 N–H and O–H groups in total. The summed E-state index contributed by atoms with van der Waals surface area (Å²) in [6, 6.07) is 0.379. The van der Waals surface area contributed by atoms with Crippen molar-refractivity contribution in [2.45, 2.75) is 53.0 Å². The van der Waals surface area contributed by atoms with Crippen molar-refractivity contribution in [3.63, 3.8) is 0 Å². The molecule has 2 nitrogen and oxygen atoms in total. The van der Waals surface area contributed by atoms with E-state index in [0.717, 1.165) is 12.8 Å². The van der Waals surface area contributed by atoms with Gasteiger partial charge in [-0.3, -0.25) is 11.3 Å². The SMILES string of the molecule is C=CCC(CC(C)CC(C)(C)C)NN. The average Bonchev–Trinajstić information content (AvgIpc) is 2.00. The van der Waals surface area contributed by atoms with Crippen molar-refractivity contribution in [2.75, 3.05) is 0 Å². The zero-order valence-corrected chi connectivity index (χ0v) is 10.1. The van der Waals surface area contributed by atoms with Crippen molar-refractivity contribution in [1.82, 2.24) is 5.43 Å². The first-order valence-corrected chi connectivity index (χ1v) is 5.46. The Labute approximate surface area is 88.9 Å². The Morgan fingerprint density at radius 2 is 2.00 bits per heavy atom. The summed E-state index contributed by atoms with van der Waals surface area (Å²) in [5.41, 5.74) is 3.26. The monoisotopic (exact) mass is 198 g/mol. The zero-order chi connectivity index (χ0) is 11.2. The van der Waals surface area contributed by atoms with Crippen molar-refractivity contribution in [1.29, 1.82) is 0 Å². The van der Waals surface area contributed by atoms with Crippen molar-refractivity contribution in [2.24, 2.45) is 17.2 Å². The second-order valence-electron chi connectivity index (χ2n) is 5.49. The van der Waals surface area contributed by atoms with E-state index in [1.165, 1.54) is 6.42 Å². The minimum atomic E-state index is 0.379. The van der Waals surface area contributed by atoms with Gasteiger partial charge in [0, 0.05) is 6.04 Å². The molecule has 0 aliphatic carbocycles. The van der Waals surface area contributed by atoms with Crippen molar-refractivity contribution < 1.29 is 0 Å². The standard InChI is InChI=1S/C12H26N2/c1-6-7-11(14-13)8-10(2)9-12(3,4)5/h6,10-11,14H,1,7-9,13H2,2-5H3. The maximum atomic E-state index is 5.47. The van der Waals surface area contributed by atoms with Gasteiger partial charge < -0.3 is 0 Å². The van der Waals surface area contributed by atoms with E-state index in [0.29, 0.717) is 17.4 Å². The van der Waals surface area contributed by atoms with Gasteiger partial charge in [-0.15, -0.1) is 6.58 Å². The summed E-state index contributed by atoms with van der Waals surface area (Å²) in [7, 11) is 0. The third kappa shape index (κ3) is 7.10. The summed E-state index contributed by atoms with van der Waals surface area (Å²) in [6.45, 7) is 12.9. The lowest BCUT2D eigenvalue weighted by molar-refractivity contribution is 0.275. The molecule has 2 atom stereocenters. The Balaban J connectivity index is 3.89. The molecule has 0 amide bonds. The molecule has 0 fully saturated rings. The van der Waals surface area contributed by atoms with Crippen LogP contribution in [0.25, 0.3) is 0 Å². The fourth-order valence-corrected chi connectivity index (χ4v) is 2.05. The molecule has 2 heteroatoms. The summed E-state index contributed by atoms with van der Waals surface area (Å²) in [5, 5.41) is 0. The minimum Gasteiger partial charge on any atom is -0.271 e. The van der Waals surface area contributed by atoms with Gasteiger partial charge in [0.25, 0.3) is 0 Å². The first-order chi connectivity index (χ1) is 6.39. The van der Waals surface area contributed by atoms with E-state index in [-0.39, 0.29) is 0 Å². The molecule has 84 valence electrons. The van der Waals surface area contributed by atoms with Crippen LogP contribution >= 0.6 is 0 Å². The van der Waals surface area contributed by atoms with Gasteiger partial charge in [0.15, 0.2) is 0 Å². The lowest BCUT2D eigenvalue weighted by Gasteiger charge is -2.26. The molecule has 0 rings (SSSR count). The van der Waals surface area contributed by atoms with Crippen LogP contribution in [-0.2, 0) is 0 Å². The van der Waals surface area contributed by atoms with Crippen LogP contribution in [0.15, 0.2) is 12.7 Å². The Bertz CT molecular complexity index is 158. The first-order valence-electron chi connectivity index (χ1n) is 5.46. The van der Waals surface area contributed by atoms with Crippen LogP contribution in [-0.4, -0.2) is 6.04 Å². The van der Waals surface area contributed by atoms with Crippen molar-refractivity contribution >= 4 is 0 Å². The maximum Gasteiger partial charge on any atom is 0.0247 e. The number of hydrogen-bond donors (Lipinski definition) is 2. The number of nitrogens with one attached hydrogen (secondary N) is 1. The van der Waals surface area contributed by atoms with E-state index in [1.807, 2.05) is 6.08 Å².